The minimum Gasteiger partial charge on any atom is -0.480 e. The third-order valence-electron chi connectivity index (χ3n) is 3.60. The SMILES string of the molecule is CCOCC(C)OCCCCC(C)(NC1CC1)C(=O)O. The average Bonchev–Trinajstić information content (AvgIpc) is 3.19. The summed E-state index contributed by atoms with van der Waals surface area (Å²) < 4.78 is 10.9. The first kappa shape index (κ1) is 17.4. The molecule has 2 N–H and O–H groups in total. The molecule has 0 aromatic heterocycles. The van der Waals surface area contributed by atoms with E-state index in [1.54, 1.807) is 6.92 Å². The third-order valence-corrected chi connectivity index (χ3v) is 3.60. The minimum atomic E-state index is -0.794. The Morgan fingerprint density at radius 3 is 2.70 bits per heavy atom. The smallest absolute Gasteiger partial charge is 0.323 e. The average molecular weight is 287 g/mol. The summed E-state index contributed by atoms with van der Waals surface area (Å²) >= 11 is 0. The topological polar surface area (TPSA) is 67.8 Å². The molecule has 0 radical (unpaired) electrons. The molecule has 1 rings (SSSR count). The van der Waals surface area contributed by atoms with Crippen LogP contribution in [0.2, 0.25) is 0 Å². The lowest BCUT2D eigenvalue weighted by Crippen LogP contribution is -2.50. The molecule has 0 heterocycles. The molecule has 0 aliphatic heterocycles. The Bertz CT molecular complexity index is 294. The molecule has 0 aromatic rings. The number of aliphatic carboxylic acids is 1. The van der Waals surface area contributed by atoms with E-state index in [0.29, 0.717) is 32.3 Å². The molecule has 0 amide bonds. The van der Waals surface area contributed by atoms with Crippen molar-refractivity contribution in [2.45, 2.75) is 70.6 Å². The molecule has 1 fully saturated rings. The van der Waals surface area contributed by atoms with E-state index in [1.165, 1.54) is 0 Å². The standard InChI is InChI=1S/C15H29NO4/c1-4-19-11-12(2)20-10-6-5-9-15(3,14(17)18)16-13-7-8-13/h12-13,16H,4-11H2,1-3H3,(H,17,18). The lowest BCUT2D eigenvalue weighted by atomic mass is 9.95. The van der Waals surface area contributed by atoms with E-state index in [0.717, 1.165) is 25.7 Å². The zero-order valence-corrected chi connectivity index (χ0v) is 13.0. The van der Waals surface area contributed by atoms with Crippen LogP contribution in [-0.4, -0.2) is 48.6 Å². The first-order chi connectivity index (χ1) is 9.48. The number of hydrogen-bond donors (Lipinski definition) is 2. The molecule has 0 spiro atoms. The monoisotopic (exact) mass is 287 g/mol. The van der Waals surface area contributed by atoms with Gasteiger partial charge in [-0.15, -0.1) is 0 Å². The third kappa shape index (κ3) is 6.68. The highest BCUT2D eigenvalue weighted by Crippen LogP contribution is 2.25. The summed E-state index contributed by atoms with van der Waals surface area (Å²) in [6.07, 6.45) is 4.67. The lowest BCUT2D eigenvalue weighted by Gasteiger charge is -2.26. The highest BCUT2D eigenvalue weighted by molar-refractivity contribution is 5.78. The van der Waals surface area contributed by atoms with Crippen molar-refractivity contribution in [2.75, 3.05) is 19.8 Å². The van der Waals surface area contributed by atoms with Gasteiger partial charge in [-0.3, -0.25) is 10.1 Å². The van der Waals surface area contributed by atoms with Crippen molar-refractivity contribution in [1.29, 1.82) is 0 Å². The van der Waals surface area contributed by atoms with E-state index in [1.807, 2.05) is 13.8 Å². The van der Waals surface area contributed by atoms with Gasteiger partial charge in [-0.1, -0.05) is 0 Å². The first-order valence-electron chi connectivity index (χ1n) is 7.68. The van der Waals surface area contributed by atoms with E-state index in [-0.39, 0.29) is 6.10 Å². The van der Waals surface area contributed by atoms with Gasteiger partial charge in [-0.2, -0.15) is 0 Å². The predicted octanol–water partition coefficient (Wildman–Crippen LogP) is 2.19. The maximum atomic E-state index is 11.4. The van der Waals surface area contributed by atoms with Gasteiger partial charge in [-0.25, -0.2) is 0 Å². The summed E-state index contributed by atoms with van der Waals surface area (Å²) in [6, 6.07) is 0.401. The van der Waals surface area contributed by atoms with Crippen LogP contribution < -0.4 is 5.32 Å². The van der Waals surface area contributed by atoms with Gasteiger partial charge in [0.25, 0.3) is 0 Å². The van der Waals surface area contributed by atoms with Gasteiger partial charge in [0.2, 0.25) is 0 Å². The fourth-order valence-electron chi connectivity index (χ4n) is 2.12. The molecule has 5 heteroatoms. The number of unbranched alkanes of at least 4 members (excludes halogenated alkanes) is 1. The molecule has 2 unspecified atom stereocenters. The molecule has 1 saturated carbocycles. The number of ether oxygens (including phenoxy) is 2. The van der Waals surface area contributed by atoms with E-state index in [2.05, 4.69) is 5.32 Å². The maximum Gasteiger partial charge on any atom is 0.323 e. The van der Waals surface area contributed by atoms with Gasteiger partial charge in [0, 0.05) is 19.3 Å². The summed E-state index contributed by atoms with van der Waals surface area (Å²) in [5.74, 6) is -0.755. The molecule has 1 aliphatic carbocycles. The number of nitrogens with one attached hydrogen (secondary N) is 1. The molecule has 118 valence electrons. The molecule has 0 saturated heterocycles. The van der Waals surface area contributed by atoms with Gasteiger partial charge in [-0.05, 0) is 52.9 Å². The van der Waals surface area contributed by atoms with Gasteiger partial charge >= 0.3 is 5.97 Å². The quantitative estimate of drug-likeness (QED) is 0.539. The Morgan fingerprint density at radius 1 is 1.45 bits per heavy atom. The van der Waals surface area contributed by atoms with Crippen LogP contribution in [0.5, 0.6) is 0 Å². The highest BCUT2D eigenvalue weighted by Gasteiger charge is 2.37. The zero-order chi connectivity index (χ0) is 15.0. The summed E-state index contributed by atoms with van der Waals surface area (Å²) in [5, 5.41) is 12.6. The Labute approximate surface area is 122 Å². The summed E-state index contributed by atoms with van der Waals surface area (Å²) in [7, 11) is 0. The van der Waals surface area contributed by atoms with Crippen LogP contribution in [0.3, 0.4) is 0 Å². The molecule has 1 aliphatic rings. The number of carbonyl (C=O) groups is 1. The Morgan fingerprint density at radius 2 is 2.15 bits per heavy atom. The van der Waals surface area contributed by atoms with Gasteiger partial charge < -0.3 is 14.6 Å². The number of rotatable bonds is 12. The Kier molecular flexibility index (Phi) is 7.48. The fraction of sp³-hybridized carbons (Fsp3) is 0.933. The number of carboxylic acids is 1. The minimum absolute atomic E-state index is 0.102. The van der Waals surface area contributed by atoms with Gasteiger partial charge in [0.1, 0.15) is 5.54 Å². The van der Waals surface area contributed by atoms with E-state index >= 15 is 0 Å². The van der Waals surface area contributed by atoms with Crippen LogP contribution in [0.4, 0.5) is 0 Å². The van der Waals surface area contributed by atoms with Crippen molar-refractivity contribution in [2.24, 2.45) is 0 Å². The predicted molar refractivity (Wildman–Crippen MR) is 78.0 cm³/mol. The Balaban J connectivity index is 2.12. The summed E-state index contributed by atoms with van der Waals surface area (Å²) in [4.78, 5) is 11.4. The summed E-state index contributed by atoms with van der Waals surface area (Å²) in [6.45, 7) is 7.72. The second kappa shape index (κ2) is 8.60. The van der Waals surface area contributed by atoms with Crippen molar-refractivity contribution in [1.82, 2.24) is 5.32 Å². The van der Waals surface area contributed by atoms with Gasteiger partial charge in [0.05, 0.1) is 12.7 Å². The molecular formula is C15H29NO4. The summed E-state index contributed by atoms with van der Waals surface area (Å²) in [5.41, 5.74) is -0.794. The van der Waals surface area contributed by atoms with Crippen LogP contribution in [0.15, 0.2) is 0 Å². The number of hydrogen-bond acceptors (Lipinski definition) is 4. The molecule has 0 bridgehead atoms. The zero-order valence-electron chi connectivity index (χ0n) is 13.0. The largest absolute Gasteiger partial charge is 0.480 e. The fourth-order valence-corrected chi connectivity index (χ4v) is 2.12. The van der Waals surface area contributed by atoms with Crippen LogP contribution in [0.25, 0.3) is 0 Å². The van der Waals surface area contributed by atoms with Gasteiger partial charge in [0.15, 0.2) is 0 Å². The van der Waals surface area contributed by atoms with Crippen molar-refractivity contribution < 1.29 is 19.4 Å². The van der Waals surface area contributed by atoms with Crippen molar-refractivity contribution in [3.05, 3.63) is 0 Å². The van der Waals surface area contributed by atoms with Crippen LogP contribution in [-0.2, 0) is 14.3 Å². The van der Waals surface area contributed by atoms with Crippen molar-refractivity contribution >= 4 is 5.97 Å². The van der Waals surface area contributed by atoms with E-state index in [4.69, 9.17) is 9.47 Å². The Hall–Kier alpha value is -0.650. The highest BCUT2D eigenvalue weighted by atomic mass is 16.5. The second-order valence-corrected chi connectivity index (χ2v) is 5.85. The maximum absolute atomic E-state index is 11.4. The first-order valence-corrected chi connectivity index (χ1v) is 7.68. The van der Waals surface area contributed by atoms with E-state index in [9.17, 15) is 9.90 Å². The molecule has 5 nitrogen and oxygen atoms in total. The lowest BCUT2D eigenvalue weighted by molar-refractivity contribution is -0.144. The molecule has 2 atom stereocenters. The van der Waals surface area contributed by atoms with Crippen LogP contribution >= 0.6 is 0 Å². The second-order valence-electron chi connectivity index (χ2n) is 5.85. The van der Waals surface area contributed by atoms with E-state index < -0.39 is 11.5 Å². The van der Waals surface area contributed by atoms with Crippen molar-refractivity contribution in [3.63, 3.8) is 0 Å². The van der Waals surface area contributed by atoms with Crippen LogP contribution in [0.1, 0.15) is 52.9 Å². The molecule has 0 aromatic carbocycles. The molecule has 20 heavy (non-hydrogen) atoms. The molecular weight excluding hydrogens is 258 g/mol. The number of carboxylic acid groups (broad SMARTS) is 1. The van der Waals surface area contributed by atoms with Crippen LogP contribution in [0, 0.1) is 0 Å². The normalized spacial score (nSPS) is 19.6. The van der Waals surface area contributed by atoms with Crippen molar-refractivity contribution in [3.8, 4) is 0 Å².